The van der Waals surface area contributed by atoms with Crippen LogP contribution in [0.25, 0.3) is 22.2 Å². The van der Waals surface area contributed by atoms with Crippen LogP contribution in [0.2, 0.25) is 5.02 Å². The normalized spacial score (nSPS) is 13.4. The van der Waals surface area contributed by atoms with Crippen LogP contribution in [0.3, 0.4) is 0 Å². The van der Waals surface area contributed by atoms with Gasteiger partial charge in [-0.25, -0.2) is 14.5 Å². The number of anilines is 1. The van der Waals surface area contributed by atoms with Crippen molar-refractivity contribution in [3.8, 4) is 5.69 Å². The molecule has 0 bridgehead atoms. The molecular weight excluding hydrogens is 442 g/mol. The highest BCUT2D eigenvalue weighted by atomic mass is 35.5. The Morgan fingerprint density at radius 2 is 1.91 bits per heavy atom. The first-order chi connectivity index (χ1) is 16.0. The maximum Gasteiger partial charge on any atom is 0.267 e. The number of nitrogens with zero attached hydrogens (tertiary/aromatic N) is 5. The zero-order valence-electron chi connectivity index (χ0n) is 17.6. The van der Waals surface area contributed by atoms with E-state index in [1.165, 1.54) is 9.08 Å². The number of rotatable bonds is 5. The summed E-state index contributed by atoms with van der Waals surface area (Å²) in [6.45, 7) is 1.80. The highest BCUT2D eigenvalue weighted by Crippen LogP contribution is 2.27. The molecule has 0 saturated heterocycles. The Labute approximate surface area is 193 Å². The topological polar surface area (TPSA) is 123 Å². The van der Waals surface area contributed by atoms with E-state index in [9.17, 15) is 9.90 Å². The molecule has 3 heterocycles. The summed E-state index contributed by atoms with van der Waals surface area (Å²) >= 11 is 6.34. The minimum Gasteiger partial charge on any atom is -0.382 e. The summed E-state index contributed by atoms with van der Waals surface area (Å²) < 4.78 is 2.99. The van der Waals surface area contributed by atoms with Crippen LogP contribution in [0.1, 0.15) is 30.6 Å². The Bertz CT molecular complexity index is 1530. The van der Waals surface area contributed by atoms with Gasteiger partial charge >= 0.3 is 0 Å². The molecular formula is C23H20ClN7O2. The summed E-state index contributed by atoms with van der Waals surface area (Å²) in [6, 6.07) is 15.4. The van der Waals surface area contributed by atoms with Crippen molar-refractivity contribution < 1.29 is 5.11 Å². The maximum atomic E-state index is 13.5. The fourth-order valence-corrected chi connectivity index (χ4v) is 4.15. The van der Waals surface area contributed by atoms with Crippen molar-refractivity contribution in [2.75, 3.05) is 5.73 Å². The van der Waals surface area contributed by atoms with Gasteiger partial charge in [-0.15, -0.1) is 5.10 Å². The van der Waals surface area contributed by atoms with E-state index >= 15 is 0 Å². The zero-order chi connectivity index (χ0) is 23.1. The van der Waals surface area contributed by atoms with E-state index in [1.54, 1.807) is 43.6 Å². The van der Waals surface area contributed by atoms with Crippen LogP contribution >= 0.6 is 11.6 Å². The van der Waals surface area contributed by atoms with E-state index in [0.717, 1.165) is 0 Å². The largest absolute Gasteiger partial charge is 0.382 e. The molecule has 33 heavy (non-hydrogen) atoms. The summed E-state index contributed by atoms with van der Waals surface area (Å²) in [5.74, 6) is 0.558. The second kappa shape index (κ2) is 8.28. The van der Waals surface area contributed by atoms with Crippen molar-refractivity contribution in [1.82, 2.24) is 29.5 Å². The van der Waals surface area contributed by atoms with Crippen molar-refractivity contribution in [2.24, 2.45) is 0 Å². The fourth-order valence-electron chi connectivity index (χ4n) is 3.90. The minimum absolute atomic E-state index is 0.152. The van der Waals surface area contributed by atoms with Gasteiger partial charge in [0.15, 0.2) is 11.5 Å². The molecule has 0 radical (unpaired) electrons. The molecule has 4 N–H and O–H groups in total. The minimum atomic E-state index is -1.21. The van der Waals surface area contributed by atoms with Gasteiger partial charge in [-0.05, 0) is 37.3 Å². The third-order valence-electron chi connectivity index (χ3n) is 5.42. The Kier molecular flexibility index (Phi) is 5.29. The Morgan fingerprint density at radius 1 is 1.12 bits per heavy atom. The van der Waals surface area contributed by atoms with Crippen molar-refractivity contribution in [3.05, 3.63) is 93.8 Å². The predicted molar refractivity (Wildman–Crippen MR) is 126 cm³/mol. The quantitative estimate of drug-likeness (QED) is 0.344. The highest BCUT2D eigenvalue weighted by molar-refractivity contribution is 6.35. The highest BCUT2D eigenvalue weighted by Gasteiger charge is 2.25. The van der Waals surface area contributed by atoms with E-state index < -0.39 is 12.3 Å². The van der Waals surface area contributed by atoms with Crippen LogP contribution in [0.4, 0.5) is 5.82 Å². The van der Waals surface area contributed by atoms with Crippen molar-refractivity contribution in [1.29, 1.82) is 0 Å². The van der Waals surface area contributed by atoms with E-state index in [1.807, 2.05) is 30.3 Å². The maximum absolute atomic E-state index is 13.5. The lowest BCUT2D eigenvalue weighted by Gasteiger charge is -2.22. The van der Waals surface area contributed by atoms with E-state index in [4.69, 9.17) is 22.3 Å². The van der Waals surface area contributed by atoms with Crippen molar-refractivity contribution >= 4 is 34.0 Å². The van der Waals surface area contributed by atoms with Gasteiger partial charge in [0.25, 0.3) is 5.56 Å². The molecule has 2 aromatic carbocycles. The molecule has 1 unspecified atom stereocenters. The molecule has 0 aliphatic heterocycles. The van der Waals surface area contributed by atoms with Crippen molar-refractivity contribution in [3.63, 3.8) is 0 Å². The summed E-state index contributed by atoms with van der Waals surface area (Å²) in [5, 5.41) is 18.9. The lowest BCUT2D eigenvalue weighted by atomic mass is 10.2. The van der Waals surface area contributed by atoms with E-state index in [2.05, 4.69) is 15.4 Å². The number of aliphatic hydroxyl groups is 1. The molecule has 0 fully saturated rings. The summed E-state index contributed by atoms with van der Waals surface area (Å²) in [6.07, 6.45) is 2.08. The van der Waals surface area contributed by atoms with Gasteiger partial charge in [0.2, 0.25) is 0 Å². The third-order valence-corrected chi connectivity index (χ3v) is 5.73. The Hall–Kier alpha value is -3.79. The molecule has 0 aliphatic carbocycles. The summed E-state index contributed by atoms with van der Waals surface area (Å²) in [5.41, 5.74) is 7.63. The zero-order valence-corrected chi connectivity index (χ0v) is 18.3. The van der Waals surface area contributed by atoms with Gasteiger partial charge < -0.3 is 10.8 Å². The van der Waals surface area contributed by atoms with E-state index in [0.29, 0.717) is 38.6 Å². The molecule has 0 spiro atoms. The number of benzene rings is 2. The molecule has 0 amide bonds. The lowest BCUT2D eigenvalue weighted by molar-refractivity contribution is 0.126. The third kappa shape index (κ3) is 3.62. The fraction of sp³-hybridized carbons (Fsp3) is 0.130. The van der Waals surface area contributed by atoms with Gasteiger partial charge in [0, 0.05) is 12.4 Å². The van der Waals surface area contributed by atoms with Crippen LogP contribution in [0.5, 0.6) is 0 Å². The standard InChI is InChI=1S/C23H20ClN7O2/c1-13(27-22(32)18-19(25)29-30-12-6-11-26-21(18)30)20-28-16-10-5-9-15(24)17(16)23(33)31(20)14-7-3-2-4-8-14/h2-13,22,27,32H,1H3,(H2,25,29)/t13-,22?/m0/s1. The first-order valence-corrected chi connectivity index (χ1v) is 10.6. The Morgan fingerprint density at radius 3 is 2.70 bits per heavy atom. The number of aliphatic hydroxyl groups excluding tert-OH is 1. The molecule has 3 aromatic heterocycles. The second-order valence-electron chi connectivity index (χ2n) is 7.56. The second-order valence-corrected chi connectivity index (χ2v) is 7.96. The molecule has 0 aliphatic rings. The molecule has 0 saturated carbocycles. The van der Waals surface area contributed by atoms with Gasteiger partial charge in [-0.1, -0.05) is 35.9 Å². The van der Waals surface area contributed by atoms with Crippen LogP contribution in [0.15, 0.2) is 71.8 Å². The molecule has 5 rings (SSSR count). The van der Waals surface area contributed by atoms with Gasteiger partial charge in [0.05, 0.1) is 33.2 Å². The molecule has 5 aromatic rings. The van der Waals surface area contributed by atoms with Crippen molar-refractivity contribution in [2.45, 2.75) is 19.2 Å². The average molecular weight is 462 g/mol. The van der Waals surface area contributed by atoms with Crippen LogP contribution in [0, 0.1) is 0 Å². The monoisotopic (exact) mass is 461 g/mol. The number of nitrogens with one attached hydrogen (secondary N) is 1. The summed E-state index contributed by atoms with van der Waals surface area (Å²) in [7, 11) is 0. The lowest BCUT2D eigenvalue weighted by Crippen LogP contribution is -2.32. The van der Waals surface area contributed by atoms with Gasteiger partial charge in [-0.2, -0.15) is 0 Å². The smallest absolute Gasteiger partial charge is 0.267 e. The average Bonchev–Trinajstić information content (AvgIpc) is 3.15. The predicted octanol–water partition coefficient (Wildman–Crippen LogP) is 3.01. The molecule has 166 valence electrons. The van der Waals surface area contributed by atoms with Crippen LogP contribution in [-0.2, 0) is 0 Å². The van der Waals surface area contributed by atoms with Crippen LogP contribution in [-0.4, -0.2) is 29.3 Å². The number of hydrogen-bond acceptors (Lipinski definition) is 7. The first kappa shape index (κ1) is 21.1. The number of aromatic nitrogens is 5. The molecule has 10 heteroatoms. The number of nitrogens with two attached hydrogens (primary N) is 1. The van der Waals surface area contributed by atoms with Gasteiger partial charge in [-0.3, -0.25) is 14.7 Å². The molecule has 9 nitrogen and oxygen atoms in total. The summed E-state index contributed by atoms with van der Waals surface area (Å²) in [4.78, 5) is 22.5. The first-order valence-electron chi connectivity index (χ1n) is 10.2. The Balaban J connectivity index is 1.63. The number of fused-ring (bicyclic) bond motifs is 2. The van der Waals surface area contributed by atoms with E-state index in [-0.39, 0.29) is 11.4 Å². The number of halogens is 1. The molecule has 2 atom stereocenters. The number of hydrogen-bond donors (Lipinski definition) is 3. The number of para-hydroxylation sites is 1. The van der Waals surface area contributed by atoms with Crippen LogP contribution < -0.4 is 16.6 Å². The van der Waals surface area contributed by atoms with Gasteiger partial charge in [0.1, 0.15) is 12.1 Å². The SMILES string of the molecule is C[C@H](NC(O)c1c(N)nn2cccnc12)c1nc2cccc(Cl)c2c(=O)n1-c1ccccc1. The number of nitrogen functional groups attached to an aromatic ring is 1.